The summed E-state index contributed by atoms with van der Waals surface area (Å²) in [6.07, 6.45) is 7.42. The van der Waals surface area contributed by atoms with Gasteiger partial charge in [-0.3, -0.25) is 4.79 Å². The maximum absolute atomic E-state index is 14.4. The third kappa shape index (κ3) is 5.77. The Morgan fingerprint density at radius 3 is 2.48 bits per heavy atom. The van der Waals surface area contributed by atoms with Crippen molar-refractivity contribution in [2.24, 2.45) is 17.8 Å². The smallest absolute Gasteiger partial charge is 0.309 e. The molecule has 0 radical (unpaired) electrons. The highest BCUT2D eigenvalue weighted by Crippen LogP contribution is 2.47. The maximum Gasteiger partial charge on any atom is 0.309 e. The molecule has 4 heteroatoms. The average molecular weight is 453 g/mol. The van der Waals surface area contributed by atoms with Gasteiger partial charge in [0.05, 0.1) is 19.6 Å². The summed E-state index contributed by atoms with van der Waals surface area (Å²) in [7, 11) is 1.46. The van der Waals surface area contributed by atoms with Crippen molar-refractivity contribution in [1.29, 1.82) is 0 Å². The number of carbonyl (C=O) groups is 1. The van der Waals surface area contributed by atoms with E-state index >= 15 is 0 Å². The normalized spacial score (nSPS) is 22.4. The fraction of sp³-hybridized carbons (Fsp3) is 0.552. The molecule has 2 aliphatic rings. The molecule has 33 heavy (non-hydrogen) atoms. The van der Waals surface area contributed by atoms with Crippen molar-refractivity contribution in [1.82, 2.24) is 0 Å². The SMILES string of the molecule is CCc1ccc(F)c(C2CCC(COc3cccc([C@H](C4CC4)[C@@H](C)C(=O)OC)c3)CC2)c1. The fourth-order valence-corrected chi connectivity index (χ4v) is 5.55. The molecule has 0 saturated heterocycles. The Labute approximate surface area is 197 Å². The first-order valence-electron chi connectivity index (χ1n) is 12.6. The highest BCUT2D eigenvalue weighted by molar-refractivity contribution is 5.73. The highest BCUT2D eigenvalue weighted by atomic mass is 19.1. The Morgan fingerprint density at radius 1 is 1.06 bits per heavy atom. The van der Waals surface area contributed by atoms with Crippen molar-refractivity contribution >= 4 is 5.97 Å². The van der Waals surface area contributed by atoms with Gasteiger partial charge in [0.25, 0.3) is 0 Å². The van der Waals surface area contributed by atoms with E-state index in [9.17, 15) is 9.18 Å². The summed E-state index contributed by atoms with van der Waals surface area (Å²) in [5.74, 6) is 2.07. The number of esters is 1. The summed E-state index contributed by atoms with van der Waals surface area (Å²) in [6.45, 7) is 4.78. The molecular weight excluding hydrogens is 415 g/mol. The molecular formula is C29H37FO3. The zero-order chi connectivity index (χ0) is 23.4. The molecule has 2 fully saturated rings. The van der Waals surface area contributed by atoms with Gasteiger partial charge in [-0.15, -0.1) is 0 Å². The summed E-state index contributed by atoms with van der Waals surface area (Å²) in [5, 5.41) is 0. The van der Waals surface area contributed by atoms with Crippen LogP contribution in [0.1, 0.15) is 80.9 Å². The van der Waals surface area contributed by atoms with E-state index in [0.717, 1.165) is 43.4 Å². The number of carbonyl (C=O) groups excluding carboxylic acids is 1. The summed E-state index contributed by atoms with van der Waals surface area (Å²) >= 11 is 0. The highest BCUT2D eigenvalue weighted by Gasteiger charge is 2.39. The van der Waals surface area contributed by atoms with E-state index in [1.54, 1.807) is 6.07 Å². The number of aryl methyl sites for hydroxylation is 1. The van der Waals surface area contributed by atoms with E-state index in [-0.39, 0.29) is 23.6 Å². The zero-order valence-corrected chi connectivity index (χ0v) is 20.2. The van der Waals surface area contributed by atoms with Crippen LogP contribution in [0.25, 0.3) is 0 Å². The average Bonchev–Trinajstić information content (AvgIpc) is 3.68. The molecule has 4 rings (SSSR count). The van der Waals surface area contributed by atoms with Crippen LogP contribution in [0.4, 0.5) is 4.39 Å². The van der Waals surface area contributed by atoms with Crippen LogP contribution in [-0.4, -0.2) is 19.7 Å². The van der Waals surface area contributed by atoms with Gasteiger partial charge >= 0.3 is 5.97 Å². The van der Waals surface area contributed by atoms with Crippen LogP contribution in [0.15, 0.2) is 42.5 Å². The first-order valence-corrected chi connectivity index (χ1v) is 12.6. The lowest BCUT2D eigenvalue weighted by Crippen LogP contribution is -2.22. The van der Waals surface area contributed by atoms with E-state index in [4.69, 9.17) is 9.47 Å². The lowest BCUT2D eigenvalue weighted by molar-refractivity contribution is -0.145. The van der Waals surface area contributed by atoms with E-state index in [1.807, 2.05) is 25.1 Å². The topological polar surface area (TPSA) is 35.5 Å². The van der Waals surface area contributed by atoms with Gasteiger partial charge in [0.2, 0.25) is 0 Å². The molecule has 178 valence electrons. The van der Waals surface area contributed by atoms with Crippen molar-refractivity contribution in [3.8, 4) is 5.75 Å². The Bertz CT molecular complexity index is 944. The maximum atomic E-state index is 14.4. The van der Waals surface area contributed by atoms with E-state index < -0.39 is 0 Å². The third-order valence-electron chi connectivity index (χ3n) is 7.73. The van der Waals surface area contributed by atoms with Crippen LogP contribution in [0.3, 0.4) is 0 Å². The van der Waals surface area contributed by atoms with E-state index in [2.05, 4.69) is 25.1 Å². The number of halogens is 1. The molecule has 0 aliphatic heterocycles. The van der Waals surface area contributed by atoms with Crippen LogP contribution in [-0.2, 0) is 16.0 Å². The number of rotatable bonds is 9. The van der Waals surface area contributed by atoms with Crippen molar-refractivity contribution in [3.05, 3.63) is 65.0 Å². The van der Waals surface area contributed by atoms with Crippen LogP contribution in [0.5, 0.6) is 5.75 Å². The van der Waals surface area contributed by atoms with Crippen molar-refractivity contribution in [2.45, 2.75) is 70.6 Å². The Balaban J connectivity index is 1.34. The number of benzene rings is 2. The number of ether oxygens (including phenoxy) is 2. The molecule has 0 bridgehead atoms. The van der Waals surface area contributed by atoms with Crippen molar-refractivity contribution in [3.63, 3.8) is 0 Å². The third-order valence-corrected chi connectivity index (χ3v) is 7.73. The molecule has 0 spiro atoms. The van der Waals surface area contributed by atoms with Gasteiger partial charge < -0.3 is 9.47 Å². The molecule has 2 aliphatic carbocycles. The minimum atomic E-state index is -0.153. The molecule has 0 amide bonds. The zero-order valence-electron chi connectivity index (χ0n) is 20.2. The van der Waals surface area contributed by atoms with Crippen LogP contribution < -0.4 is 4.74 Å². The fourth-order valence-electron chi connectivity index (χ4n) is 5.55. The summed E-state index contributed by atoms with van der Waals surface area (Å²) < 4.78 is 25.6. The van der Waals surface area contributed by atoms with E-state index in [0.29, 0.717) is 24.4 Å². The van der Waals surface area contributed by atoms with Crippen molar-refractivity contribution < 1.29 is 18.7 Å². The molecule has 0 aromatic heterocycles. The first kappa shape index (κ1) is 23.8. The predicted octanol–water partition coefficient (Wildman–Crippen LogP) is 7.04. The minimum absolute atomic E-state index is 0.0601. The van der Waals surface area contributed by atoms with Gasteiger partial charge in [0.15, 0.2) is 0 Å². The Hall–Kier alpha value is -2.36. The molecule has 2 aromatic carbocycles. The lowest BCUT2D eigenvalue weighted by atomic mass is 9.78. The molecule has 0 N–H and O–H groups in total. The molecule has 0 unspecified atom stereocenters. The Kier molecular flexibility index (Phi) is 7.72. The quantitative estimate of drug-likeness (QED) is 0.383. The molecule has 2 atom stereocenters. The van der Waals surface area contributed by atoms with Gasteiger partial charge in [0.1, 0.15) is 11.6 Å². The van der Waals surface area contributed by atoms with Gasteiger partial charge in [-0.1, -0.05) is 38.1 Å². The standard InChI is InChI=1S/C29H37FO3/c1-4-20-10-15-27(30)26(16-20)22-11-8-21(9-12-22)18-33-25-7-5-6-24(17-25)28(23-13-14-23)19(2)29(31)32-3/h5-7,10,15-17,19,21-23,28H,4,8-9,11-14,18H2,1-3H3/t19-,21?,22?,28+/m1/s1. The molecule has 3 nitrogen and oxygen atoms in total. The number of hydrogen-bond acceptors (Lipinski definition) is 3. The minimum Gasteiger partial charge on any atom is -0.493 e. The molecule has 2 saturated carbocycles. The van der Waals surface area contributed by atoms with E-state index in [1.165, 1.54) is 31.1 Å². The lowest BCUT2D eigenvalue weighted by Gasteiger charge is -2.29. The summed E-state index contributed by atoms with van der Waals surface area (Å²) in [6, 6.07) is 13.9. The van der Waals surface area contributed by atoms with Crippen LogP contribution in [0.2, 0.25) is 0 Å². The van der Waals surface area contributed by atoms with Crippen LogP contribution in [0, 0.1) is 23.6 Å². The largest absolute Gasteiger partial charge is 0.493 e. The van der Waals surface area contributed by atoms with Crippen LogP contribution >= 0.6 is 0 Å². The molecule has 2 aromatic rings. The van der Waals surface area contributed by atoms with Gasteiger partial charge in [0, 0.05) is 0 Å². The summed E-state index contributed by atoms with van der Waals surface area (Å²) in [4.78, 5) is 12.2. The van der Waals surface area contributed by atoms with Gasteiger partial charge in [-0.05, 0) is 104 Å². The second kappa shape index (κ2) is 10.7. The second-order valence-electron chi connectivity index (χ2n) is 9.99. The Morgan fingerprint density at radius 2 is 1.82 bits per heavy atom. The number of hydrogen-bond donors (Lipinski definition) is 0. The number of methoxy groups -OCH3 is 1. The van der Waals surface area contributed by atoms with Crippen molar-refractivity contribution in [2.75, 3.05) is 13.7 Å². The first-order chi connectivity index (χ1) is 16.0. The summed E-state index contributed by atoms with van der Waals surface area (Å²) in [5.41, 5.74) is 3.28. The monoisotopic (exact) mass is 452 g/mol. The van der Waals surface area contributed by atoms with Gasteiger partial charge in [-0.2, -0.15) is 0 Å². The van der Waals surface area contributed by atoms with Gasteiger partial charge in [-0.25, -0.2) is 4.39 Å². The predicted molar refractivity (Wildman–Crippen MR) is 129 cm³/mol. The molecule has 0 heterocycles. The second-order valence-corrected chi connectivity index (χ2v) is 9.99.